The highest BCUT2D eigenvalue weighted by Gasteiger charge is 2.09. The second-order valence-corrected chi connectivity index (χ2v) is 2.56. The number of hydrogen-bond acceptors (Lipinski definition) is 1. The van der Waals surface area contributed by atoms with Crippen LogP contribution < -0.4 is 0 Å². The highest BCUT2D eigenvalue weighted by Crippen LogP contribution is 2.19. The lowest BCUT2D eigenvalue weighted by atomic mass is 10.1. The topological polar surface area (TPSA) is 20.2 Å². The van der Waals surface area contributed by atoms with Gasteiger partial charge in [0.15, 0.2) is 0 Å². The van der Waals surface area contributed by atoms with E-state index in [1.807, 2.05) is 0 Å². The van der Waals surface area contributed by atoms with Gasteiger partial charge in [-0.05, 0) is 12.5 Å². The van der Waals surface area contributed by atoms with Gasteiger partial charge in [0.1, 0.15) is 5.82 Å². The van der Waals surface area contributed by atoms with Crippen LogP contribution in [0.5, 0.6) is 0 Å². The van der Waals surface area contributed by atoms with Crippen molar-refractivity contribution in [3.05, 3.63) is 48.3 Å². The Morgan fingerprint density at radius 1 is 1.50 bits per heavy atom. The zero-order valence-corrected chi connectivity index (χ0v) is 6.70. The lowest BCUT2D eigenvalue weighted by Crippen LogP contribution is -1.98. The van der Waals surface area contributed by atoms with E-state index in [1.54, 1.807) is 24.3 Å². The molecule has 1 aromatic carbocycles. The van der Waals surface area contributed by atoms with Crippen LogP contribution in [0.3, 0.4) is 0 Å². The fourth-order valence-electron chi connectivity index (χ4n) is 1.03. The van der Waals surface area contributed by atoms with Crippen molar-refractivity contribution in [2.75, 3.05) is 0 Å². The molecule has 64 valence electrons. The maximum absolute atomic E-state index is 13.0. The maximum atomic E-state index is 13.0. The third kappa shape index (κ3) is 1.92. The first-order chi connectivity index (χ1) is 5.75. The van der Waals surface area contributed by atoms with Crippen molar-refractivity contribution in [2.45, 2.75) is 12.5 Å². The zero-order chi connectivity index (χ0) is 8.97. The van der Waals surface area contributed by atoms with E-state index in [0.717, 1.165) is 0 Å². The summed E-state index contributed by atoms with van der Waals surface area (Å²) >= 11 is 0. The van der Waals surface area contributed by atoms with E-state index in [9.17, 15) is 9.50 Å². The minimum Gasteiger partial charge on any atom is -0.388 e. The fourth-order valence-corrected chi connectivity index (χ4v) is 1.03. The van der Waals surface area contributed by atoms with Gasteiger partial charge in [0.25, 0.3) is 0 Å². The average molecular weight is 166 g/mol. The predicted octanol–water partition coefficient (Wildman–Crippen LogP) is 2.44. The molecule has 1 nitrogen and oxygen atoms in total. The molecule has 0 aliphatic heterocycles. The highest BCUT2D eigenvalue weighted by molar-refractivity contribution is 5.20. The van der Waals surface area contributed by atoms with Crippen molar-refractivity contribution in [3.8, 4) is 0 Å². The molecule has 0 saturated carbocycles. The minimum absolute atomic E-state index is 0.331. The summed E-state index contributed by atoms with van der Waals surface area (Å²) in [5.41, 5.74) is 0.331. The first-order valence-electron chi connectivity index (χ1n) is 3.79. The summed E-state index contributed by atoms with van der Waals surface area (Å²) in [6, 6.07) is 6.20. The third-order valence-electron chi connectivity index (χ3n) is 1.65. The lowest BCUT2D eigenvalue weighted by Gasteiger charge is -2.08. The lowest BCUT2D eigenvalue weighted by molar-refractivity contribution is 0.177. The highest BCUT2D eigenvalue weighted by atomic mass is 19.1. The summed E-state index contributed by atoms with van der Waals surface area (Å²) in [5, 5.41) is 9.39. The van der Waals surface area contributed by atoms with E-state index in [-0.39, 0.29) is 5.82 Å². The first-order valence-corrected chi connectivity index (χ1v) is 3.79. The fraction of sp³-hybridized carbons (Fsp3) is 0.200. The molecular weight excluding hydrogens is 155 g/mol. The van der Waals surface area contributed by atoms with E-state index in [2.05, 4.69) is 6.58 Å². The quantitative estimate of drug-likeness (QED) is 0.684. The van der Waals surface area contributed by atoms with Gasteiger partial charge in [-0.15, -0.1) is 6.58 Å². The molecule has 1 atom stereocenters. The van der Waals surface area contributed by atoms with E-state index < -0.39 is 6.10 Å². The molecule has 0 aliphatic rings. The standard InChI is InChI=1S/C10H11FO/c1-2-5-10(12)8-6-3-4-7-9(8)11/h2-4,6-7,10,12H,1,5H2. The van der Waals surface area contributed by atoms with Crippen molar-refractivity contribution in [2.24, 2.45) is 0 Å². The number of benzene rings is 1. The van der Waals surface area contributed by atoms with Crippen LogP contribution in [0.2, 0.25) is 0 Å². The Balaban J connectivity index is 2.86. The monoisotopic (exact) mass is 166 g/mol. The Morgan fingerprint density at radius 2 is 2.17 bits per heavy atom. The number of halogens is 1. The molecule has 0 spiro atoms. The van der Waals surface area contributed by atoms with Crippen LogP contribution in [0.4, 0.5) is 4.39 Å². The summed E-state index contributed by atoms with van der Waals surface area (Å²) in [7, 11) is 0. The van der Waals surface area contributed by atoms with Gasteiger partial charge < -0.3 is 5.11 Å². The van der Waals surface area contributed by atoms with Gasteiger partial charge in [-0.3, -0.25) is 0 Å². The van der Waals surface area contributed by atoms with E-state index in [4.69, 9.17) is 0 Å². The van der Waals surface area contributed by atoms with E-state index in [1.165, 1.54) is 6.07 Å². The largest absolute Gasteiger partial charge is 0.388 e. The molecule has 2 heteroatoms. The second-order valence-electron chi connectivity index (χ2n) is 2.56. The van der Waals surface area contributed by atoms with Gasteiger partial charge in [0.2, 0.25) is 0 Å². The molecule has 12 heavy (non-hydrogen) atoms. The summed E-state index contributed by atoms with van der Waals surface area (Å²) in [6.45, 7) is 3.47. The van der Waals surface area contributed by atoms with E-state index in [0.29, 0.717) is 12.0 Å². The van der Waals surface area contributed by atoms with Crippen LogP contribution in [0.15, 0.2) is 36.9 Å². The maximum Gasteiger partial charge on any atom is 0.129 e. The zero-order valence-electron chi connectivity index (χ0n) is 6.70. The van der Waals surface area contributed by atoms with Crippen molar-refractivity contribution in [3.63, 3.8) is 0 Å². The molecule has 0 amide bonds. The smallest absolute Gasteiger partial charge is 0.129 e. The Hall–Kier alpha value is -1.15. The predicted molar refractivity (Wildman–Crippen MR) is 46.2 cm³/mol. The summed E-state index contributed by atoms with van der Waals surface area (Å²) in [4.78, 5) is 0. The molecule has 1 unspecified atom stereocenters. The molecule has 1 aromatic rings. The van der Waals surface area contributed by atoms with Crippen LogP contribution in [-0.2, 0) is 0 Å². The van der Waals surface area contributed by atoms with Gasteiger partial charge in [-0.25, -0.2) is 4.39 Å². The molecule has 0 saturated heterocycles. The minimum atomic E-state index is -0.774. The molecule has 1 rings (SSSR count). The van der Waals surface area contributed by atoms with Crippen LogP contribution in [0, 0.1) is 5.82 Å². The summed E-state index contributed by atoms with van der Waals surface area (Å²) in [5.74, 6) is -0.369. The molecule has 0 aromatic heterocycles. The Kier molecular flexibility index (Phi) is 3.00. The molecule has 0 aliphatic carbocycles. The van der Waals surface area contributed by atoms with Crippen LogP contribution >= 0.6 is 0 Å². The van der Waals surface area contributed by atoms with Crippen LogP contribution in [-0.4, -0.2) is 5.11 Å². The van der Waals surface area contributed by atoms with Crippen molar-refractivity contribution < 1.29 is 9.50 Å². The normalized spacial score (nSPS) is 12.5. The summed E-state index contributed by atoms with van der Waals surface area (Å²) < 4.78 is 13.0. The van der Waals surface area contributed by atoms with Crippen molar-refractivity contribution in [1.29, 1.82) is 0 Å². The van der Waals surface area contributed by atoms with Gasteiger partial charge in [0.05, 0.1) is 6.10 Å². The number of rotatable bonds is 3. The second kappa shape index (κ2) is 4.02. The van der Waals surface area contributed by atoms with Gasteiger partial charge in [-0.2, -0.15) is 0 Å². The number of hydrogen-bond donors (Lipinski definition) is 1. The van der Waals surface area contributed by atoms with Gasteiger partial charge in [-0.1, -0.05) is 24.3 Å². The molecule has 0 heterocycles. The molecule has 0 radical (unpaired) electrons. The number of aliphatic hydroxyl groups excluding tert-OH is 1. The molecule has 0 fully saturated rings. The van der Waals surface area contributed by atoms with Gasteiger partial charge >= 0.3 is 0 Å². The Bertz CT molecular complexity index is 270. The Labute approximate surface area is 71.2 Å². The van der Waals surface area contributed by atoms with E-state index >= 15 is 0 Å². The van der Waals surface area contributed by atoms with Crippen molar-refractivity contribution >= 4 is 0 Å². The number of aliphatic hydroxyl groups is 1. The SMILES string of the molecule is C=CCC(O)c1ccccc1F. The van der Waals surface area contributed by atoms with Gasteiger partial charge in [0, 0.05) is 5.56 Å². The third-order valence-corrected chi connectivity index (χ3v) is 1.65. The Morgan fingerprint density at radius 3 is 2.75 bits per heavy atom. The molecule has 1 N–H and O–H groups in total. The molecular formula is C10H11FO. The van der Waals surface area contributed by atoms with Crippen LogP contribution in [0.1, 0.15) is 18.1 Å². The summed E-state index contributed by atoms with van der Waals surface area (Å²) in [6.07, 6.45) is 1.17. The first kappa shape index (κ1) is 8.94. The molecule has 0 bridgehead atoms. The average Bonchev–Trinajstić information content (AvgIpc) is 2.05. The van der Waals surface area contributed by atoms with Crippen molar-refractivity contribution in [1.82, 2.24) is 0 Å². The van der Waals surface area contributed by atoms with Crippen LogP contribution in [0.25, 0.3) is 0 Å².